The van der Waals surface area contributed by atoms with E-state index in [-0.39, 0.29) is 12.5 Å². The molecule has 0 bridgehead atoms. The molecule has 1 amide bonds. The predicted molar refractivity (Wildman–Crippen MR) is 131 cm³/mol. The monoisotopic (exact) mass is 478 g/mol. The molecule has 4 aromatic rings. The minimum absolute atomic E-state index is 0.217. The molecule has 0 atom stereocenters. The highest BCUT2D eigenvalue weighted by molar-refractivity contribution is 6.31. The van der Waals surface area contributed by atoms with Gasteiger partial charge in [0, 0.05) is 15.6 Å². The van der Waals surface area contributed by atoms with Gasteiger partial charge < -0.3 is 4.74 Å². The van der Waals surface area contributed by atoms with Crippen LogP contribution < -0.4 is 10.2 Å². The molecule has 0 radical (unpaired) electrons. The quantitative estimate of drug-likeness (QED) is 0.271. The average Bonchev–Trinajstić information content (AvgIpc) is 3.32. The predicted octanol–water partition coefficient (Wildman–Crippen LogP) is 5.77. The molecule has 1 heterocycles. The molecule has 0 spiro atoms. The van der Waals surface area contributed by atoms with E-state index in [1.165, 1.54) is 0 Å². The van der Waals surface area contributed by atoms with E-state index in [0.29, 0.717) is 21.5 Å². The van der Waals surface area contributed by atoms with Crippen LogP contribution in [0, 0.1) is 0 Å². The zero-order chi connectivity index (χ0) is 23.2. The number of amides is 1. The van der Waals surface area contributed by atoms with E-state index >= 15 is 0 Å². The summed E-state index contributed by atoms with van der Waals surface area (Å²) in [4.78, 5) is 12.4. The van der Waals surface area contributed by atoms with Crippen molar-refractivity contribution in [3.8, 4) is 22.7 Å². The largest absolute Gasteiger partial charge is 0.483 e. The molecule has 3 aromatic carbocycles. The van der Waals surface area contributed by atoms with Crippen LogP contribution in [0.2, 0.25) is 10.0 Å². The highest BCUT2D eigenvalue weighted by Gasteiger charge is 2.15. The number of hydrogen-bond donors (Lipinski definition) is 1. The summed E-state index contributed by atoms with van der Waals surface area (Å²) in [6.45, 7) is 1.58. The normalized spacial score (nSPS) is 11.3. The van der Waals surface area contributed by atoms with E-state index in [0.717, 1.165) is 22.5 Å². The molecule has 0 saturated heterocycles. The van der Waals surface area contributed by atoms with Gasteiger partial charge in [-0.05, 0) is 61.0 Å². The second-order valence-corrected chi connectivity index (χ2v) is 8.00. The number of carbonyl (C=O) groups excluding carboxylic acids is 1. The minimum Gasteiger partial charge on any atom is -0.483 e. The van der Waals surface area contributed by atoms with Crippen molar-refractivity contribution in [1.29, 1.82) is 0 Å². The average molecular weight is 479 g/mol. The maximum Gasteiger partial charge on any atom is 0.277 e. The summed E-state index contributed by atoms with van der Waals surface area (Å²) in [6, 6.07) is 24.0. The fourth-order valence-corrected chi connectivity index (χ4v) is 3.49. The molecule has 1 aromatic heterocycles. The third-order valence-corrected chi connectivity index (χ3v) is 5.32. The zero-order valence-electron chi connectivity index (χ0n) is 17.7. The molecule has 0 aliphatic carbocycles. The number of hydrazone groups is 1. The SMILES string of the molecule is C/C(=N\NC(=O)COc1ccc(Cl)cc1-c1ccnn1-c1ccccc1)c1ccc(Cl)cc1. The van der Waals surface area contributed by atoms with Gasteiger partial charge in [0.25, 0.3) is 5.91 Å². The Morgan fingerprint density at radius 2 is 1.73 bits per heavy atom. The van der Waals surface area contributed by atoms with Crippen LogP contribution in [0.15, 0.2) is 90.2 Å². The summed E-state index contributed by atoms with van der Waals surface area (Å²) in [5, 5.41) is 9.74. The van der Waals surface area contributed by atoms with Crippen LogP contribution >= 0.6 is 23.2 Å². The van der Waals surface area contributed by atoms with Gasteiger partial charge in [-0.2, -0.15) is 10.2 Å². The van der Waals surface area contributed by atoms with Gasteiger partial charge >= 0.3 is 0 Å². The lowest BCUT2D eigenvalue weighted by molar-refractivity contribution is -0.123. The molecular weight excluding hydrogens is 459 g/mol. The molecule has 6 nitrogen and oxygen atoms in total. The summed E-state index contributed by atoms with van der Waals surface area (Å²) < 4.78 is 7.61. The molecule has 0 saturated carbocycles. The Morgan fingerprint density at radius 3 is 2.48 bits per heavy atom. The van der Waals surface area contributed by atoms with Crippen LogP contribution in [0.4, 0.5) is 0 Å². The maximum absolute atomic E-state index is 12.4. The number of halogens is 2. The molecule has 0 fully saturated rings. The molecule has 8 heteroatoms. The Balaban J connectivity index is 1.49. The van der Waals surface area contributed by atoms with Crippen molar-refractivity contribution in [2.75, 3.05) is 6.61 Å². The van der Waals surface area contributed by atoms with Crippen LogP contribution in [-0.4, -0.2) is 28.0 Å². The van der Waals surface area contributed by atoms with Crippen molar-refractivity contribution in [2.24, 2.45) is 5.10 Å². The lowest BCUT2D eigenvalue weighted by Gasteiger charge is -2.13. The molecule has 0 unspecified atom stereocenters. The van der Waals surface area contributed by atoms with E-state index in [9.17, 15) is 4.79 Å². The molecule has 0 aliphatic heterocycles. The second-order valence-electron chi connectivity index (χ2n) is 7.13. The molecule has 166 valence electrons. The van der Waals surface area contributed by atoms with Crippen molar-refractivity contribution in [1.82, 2.24) is 15.2 Å². The number of rotatable bonds is 7. The number of ether oxygens (including phenoxy) is 1. The molecule has 0 aliphatic rings. The smallest absolute Gasteiger partial charge is 0.277 e. The molecule has 33 heavy (non-hydrogen) atoms. The van der Waals surface area contributed by atoms with E-state index in [4.69, 9.17) is 27.9 Å². The van der Waals surface area contributed by atoms with Crippen molar-refractivity contribution in [3.05, 3.63) is 101 Å². The number of para-hydroxylation sites is 1. The topological polar surface area (TPSA) is 68.5 Å². The van der Waals surface area contributed by atoms with Gasteiger partial charge in [-0.25, -0.2) is 10.1 Å². The Hall–Kier alpha value is -3.61. The number of carbonyl (C=O) groups is 1. The van der Waals surface area contributed by atoms with Crippen LogP contribution in [0.1, 0.15) is 12.5 Å². The first-order valence-electron chi connectivity index (χ1n) is 10.1. The first kappa shape index (κ1) is 22.6. The standard InChI is InChI=1S/C25H20Cl2N4O2/c1-17(18-7-9-19(26)10-8-18)29-30-25(32)16-33-24-12-11-20(27)15-22(24)23-13-14-28-31(23)21-5-3-2-4-6-21/h2-15H,16H2,1H3,(H,30,32)/b29-17+. The van der Waals surface area contributed by atoms with Crippen LogP contribution in [0.25, 0.3) is 16.9 Å². The lowest BCUT2D eigenvalue weighted by Crippen LogP contribution is -2.25. The first-order valence-corrected chi connectivity index (χ1v) is 10.9. The summed E-state index contributed by atoms with van der Waals surface area (Å²) in [5.74, 6) is 0.117. The van der Waals surface area contributed by atoms with Gasteiger partial charge in [0.05, 0.1) is 23.3 Å². The molecule has 1 N–H and O–H groups in total. The van der Waals surface area contributed by atoms with E-state index < -0.39 is 0 Å². The Bertz CT molecular complexity index is 1290. The fraction of sp³-hybridized carbons (Fsp3) is 0.0800. The van der Waals surface area contributed by atoms with Crippen LogP contribution in [0.5, 0.6) is 5.75 Å². The summed E-state index contributed by atoms with van der Waals surface area (Å²) in [5.41, 5.74) is 6.43. The Labute approximate surface area is 201 Å². The maximum atomic E-state index is 12.4. The van der Waals surface area contributed by atoms with E-state index in [2.05, 4.69) is 15.6 Å². The Morgan fingerprint density at radius 1 is 1.00 bits per heavy atom. The molecule has 4 rings (SSSR count). The molecular formula is C25H20Cl2N4O2. The van der Waals surface area contributed by atoms with Gasteiger partial charge in [0.2, 0.25) is 0 Å². The zero-order valence-corrected chi connectivity index (χ0v) is 19.2. The third-order valence-electron chi connectivity index (χ3n) is 4.83. The van der Waals surface area contributed by atoms with Gasteiger partial charge in [0.15, 0.2) is 6.61 Å². The van der Waals surface area contributed by atoms with Crippen LogP contribution in [0.3, 0.4) is 0 Å². The summed E-state index contributed by atoms with van der Waals surface area (Å²) >= 11 is 12.2. The van der Waals surface area contributed by atoms with Gasteiger partial charge in [-0.3, -0.25) is 4.79 Å². The second kappa shape index (κ2) is 10.3. The fourth-order valence-electron chi connectivity index (χ4n) is 3.19. The minimum atomic E-state index is -0.388. The number of nitrogens with one attached hydrogen (secondary N) is 1. The first-order chi connectivity index (χ1) is 16.0. The van der Waals surface area contributed by atoms with E-state index in [1.54, 1.807) is 48.1 Å². The highest BCUT2D eigenvalue weighted by Crippen LogP contribution is 2.33. The summed E-state index contributed by atoms with van der Waals surface area (Å²) in [7, 11) is 0. The summed E-state index contributed by atoms with van der Waals surface area (Å²) in [6.07, 6.45) is 1.70. The third kappa shape index (κ3) is 5.61. The van der Waals surface area contributed by atoms with Crippen LogP contribution in [-0.2, 0) is 4.79 Å². The number of hydrogen-bond acceptors (Lipinski definition) is 4. The highest BCUT2D eigenvalue weighted by atomic mass is 35.5. The van der Waals surface area contributed by atoms with Gasteiger partial charge in [0.1, 0.15) is 5.75 Å². The number of benzene rings is 3. The van der Waals surface area contributed by atoms with Gasteiger partial charge in [-0.1, -0.05) is 53.5 Å². The van der Waals surface area contributed by atoms with Crippen molar-refractivity contribution < 1.29 is 9.53 Å². The lowest BCUT2D eigenvalue weighted by atomic mass is 10.1. The number of nitrogens with zero attached hydrogens (tertiary/aromatic N) is 3. The Kier molecular flexibility index (Phi) is 7.07. The van der Waals surface area contributed by atoms with Crippen molar-refractivity contribution in [2.45, 2.75) is 6.92 Å². The van der Waals surface area contributed by atoms with Crippen molar-refractivity contribution >= 4 is 34.8 Å². The number of aromatic nitrogens is 2. The van der Waals surface area contributed by atoms with Gasteiger partial charge in [-0.15, -0.1) is 0 Å². The van der Waals surface area contributed by atoms with Crippen molar-refractivity contribution in [3.63, 3.8) is 0 Å². The van der Waals surface area contributed by atoms with E-state index in [1.807, 2.05) is 48.5 Å².